The third kappa shape index (κ3) is 5.53. The number of rotatable bonds is 5. The van der Waals surface area contributed by atoms with Crippen molar-refractivity contribution in [2.75, 3.05) is 6.61 Å². The molecule has 0 amide bonds. The summed E-state index contributed by atoms with van der Waals surface area (Å²) >= 11 is 0. The van der Waals surface area contributed by atoms with Gasteiger partial charge in [0, 0.05) is 6.61 Å². The minimum atomic E-state index is -0.392. The van der Waals surface area contributed by atoms with Crippen LogP contribution in [-0.2, 0) is 0 Å². The van der Waals surface area contributed by atoms with E-state index in [2.05, 4.69) is 6.58 Å². The Kier molecular flexibility index (Phi) is 5.57. The lowest BCUT2D eigenvalue weighted by Crippen LogP contribution is -2.00. The van der Waals surface area contributed by atoms with E-state index in [0.717, 1.165) is 12.8 Å². The van der Waals surface area contributed by atoms with Crippen molar-refractivity contribution in [3.05, 3.63) is 12.7 Å². The minimum Gasteiger partial charge on any atom is -0.396 e. The monoisotopic (exact) mass is 130 g/mol. The Morgan fingerprint density at radius 2 is 2.11 bits per heavy atom. The van der Waals surface area contributed by atoms with E-state index < -0.39 is 6.10 Å². The number of aliphatic hydroxyl groups is 2. The highest BCUT2D eigenvalue weighted by Gasteiger charge is 1.95. The Balaban J connectivity index is 2.96. The molecule has 0 aliphatic rings. The highest BCUT2D eigenvalue weighted by Crippen LogP contribution is 1.99. The van der Waals surface area contributed by atoms with Gasteiger partial charge in [0.05, 0.1) is 6.10 Å². The maximum Gasteiger partial charge on any atom is 0.0718 e. The molecule has 0 aromatic heterocycles. The summed E-state index contributed by atoms with van der Waals surface area (Å²) in [4.78, 5) is 0. The van der Waals surface area contributed by atoms with Crippen molar-refractivity contribution in [2.24, 2.45) is 0 Å². The van der Waals surface area contributed by atoms with Crippen LogP contribution in [0.4, 0.5) is 0 Å². The van der Waals surface area contributed by atoms with Crippen LogP contribution < -0.4 is 0 Å². The van der Waals surface area contributed by atoms with Gasteiger partial charge in [-0.05, 0) is 19.3 Å². The summed E-state index contributed by atoms with van der Waals surface area (Å²) in [6.45, 7) is 3.64. The summed E-state index contributed by atoms with van der Waals surface area (Å²) in [5, 5.41) is 17.2. The van der Waals surface area contributed by atoms with Gasteiger partial charge in [0.1, 0.15) is 0 Å². The van der Waals surface area contributed by atoms with E-state index in [1.165, 1.54) is 6.08 Å². The van der Waals surface area contributed by atoms with Crippen LogP contribution in [0.25, 0.3) is 0 Å². The highest BCUT2D eigenvalue weighted by atomic mass is 16.3. The lowest BCUT2D eigenvalue weighted by atomic mass is 10.1. The van der Waals surface area contributed by atoms with Gasteiger partial charge in [0.25, 0.3) is 0 Å². The summed E-state index contributed by atoms with van der Waals surface area (Å²) < 4.78 is 0. The lowest BCUT2D eigenvalue weighted by molar-refractivity contribution is 0.201. The predicted octanol–water partition coefficient (Wildman–Crippen LogP) is 0.696. The van der Waals surface area contributed by atoms with Crippen molar-refractivity contribution >= 4 is 0 Å². The summed E-state index contributed by atoms with van der Waals surface area (Å²) in [5.74, 6) is 0. The molecule has 54 valence electrons. The van der Waals surface area contributed by atoms with E-state index in [4.69, 9.17) is 10.2 Å². The molecule has 0 aliphatic heterocycles. The molecule has 2 nitrogen and oxygen atoms in total. The van der Waals surface area contributed by atoms with Crippen LogP contribution in [0.15, 0.2) is 12.7 Å². The first kappa shape index (κ1) is 8.66. The van der Waals surface area contributed by atoms with Gasteiger partial charge in [0.2, 0.25) is 0 Å². The molecule has 0 radical (unpaired) electrons. The molecule has 0 aliphatic carbocycles. The van der Waals surface area contributed by atoms with Crippen LogP contribution in [0, 0.1) is 0 Å². The first-order chi connectivity index (χ1) is 4.31. The van der Waals surface area contributed by atoms with E-state index in [1.54, 1.807) is 0 Å². The highest BCUT2D eigenvalue weighted by molar-refractivity contribution is 4.77. The second kappa shape index (κ2) is 5.79. The quantitative estimate of drug-likeness (QED) is 0.424. The van der Waals surface area contributed by atoms with Gasteiger partial charge in [-0.3, -0.25) is 0 Å². The number of hydrogen-bond donors (Lipinski definition) is 2. The van der Waals surface area contributed by atoms with Gasteiger partial charge in [-0.15, -0.1) is 6.58 Å². The van der Waals surface area contributed by atoms with Gasteiger partial charge >= 0.3 is 0 Å². The number of aliphatic hydroxyl groups excluding tert-OH is 2. The third-order valence-corrected chi connectivity index (χ3v) is 1.18. The molecule has 1 unspecified atom stereocenters. The zero-order valence-electron chi connectivity index (χ0n) is 5.58. The molecule has 0 bridgehead atoms. The second-order valence-electron chi connectivity index (χ2n) is 2.02. The van der Waals surface area contributed by atoms with Crippen LogP contribution in [0.2, 0.25) is 0 Å². The maximum atomic E-state index is 8.88. The average Bonchev–Trinajstić information content (AvgIpc) is 1.89. The van der Waals surface area contributed by atoms with Crippen LogP contribution in [-0.4, -0.2) is 22.9 Å². The zero-order chi connectivity index (χ0) is 7.11. The SMILES string of the molecule is C=CC(O)CCCCO. The molecule has 2 heteroatoms. The summed E-state index contributed by atoms with van der Waals surface area (Å²) in [6, 6.07) is 0. The molecular formula is C7H14O2. The van der Waals surface area contributed by atoms with Gasteiger partial charge in [-0.1, -0.05) is 6.08 Å². The lowest BCUT2D eigenvalue weighted by Gasteiger charge is -2.01. The van der Waals surface area contributed by atoms with E-state index in [9.17, 15) is 0 Å². The van der Waals surface area contributed by atoms with Crippen LogP contribution >= 0.6 is 0 Å². The molecule has 9 heavy (non-hydrogen) atoms. The second-order valence-corrected chi connectivity index (χ2v) is 2.02. The molecule has 0 fully saturated rings. The summed E-state index contributed by atoms with van der Waals surface area (Å²) in [6.07, 6.45) is 3.47. The minimum absolute atomic E-state index is 0.212. The molecule has 0 rings (SSSR count). The van der Waals surface area contributed by atoms with Gasteiger partial charge in [-0.25, -0.2) is 0 Å². The molecule has 0 aromatic rings. The van der Waals surface area contributed by atoms with Crippen LogP contribution in [0.3, 0.4) is 0 Å². The van der Waals surface area contributed by atoms with Gasteiger partial charge < -0.3 is 10.2 Å². The van der Waals surface area contributed by atoms with Gasteiger partial charge in [-0.2, -0.15) is 0 Å². The first-order valence-electron chi connectivity index (χ1n) is 3.22. The Hall–Kier alpha value is -0.340. The molecular weight excluding hydrogens is 116 g/mol. The van der Waals surface area contributed by atoms with Gasteiger partial charge in [0.15, 0.2) is 0 Å². The molecule has 0 aromatic carbocycles. The fourth-order valence-corrected chi connectivity index (χ4v) is 0.583. The molecule has 1 atom stereocenters. The Morgan fingerprint density at radius 1 is 1.44 bits per heavy atom. The zero-order valence-corrected chi connectivity index (χ0v) is 5.58. The van der Waals surface area contributed by atoms with Crippen molar-refractivity contribution in [1.29, 1.82) is 0 Å². The molecule has 0 spiro atoms. The molecule has 0 saturated heterocycles. The largest absolute Gasteiger partial charge is 0.396 e. The Labute approximate surface area is 55.8 Å². The maximum absolute atomic E-state index is 8.88. The Bertz CT molecular complexity index is 71.3. The van der Waals surface area contributed by atoms with Crippen LogP contribution in [0.5, 0.6) is 0 Å². The molecule has 0 saturated carbocycles. The van der Waals surface area contributed by atoms with Crippen molar-refractivity contribution in [2.45, 2.75) is 25.4 Å². The van der Waals surface area contributed by atoms with E-state index in [1.807, 2.05) is 0 Å². The predicted molar refractivity (Wildman–Crippen MR) is 37.1 cm³/mol. The van der Waals surface area contributed by atoms with E-state index in [-0.39, 0.29) is 6.61 Å². The summed E-state index contributed by atoms with van der Waals surface area (Å²) in [5.41, 5.74) is 0. The van der Waals surface area contributed by atoms with E-state index >= 15 is 0 Å². The van der Waals surface area contributed by atoms with Crippen molar-refractivity contribution < 1.29 is 10.2 Å². The molecule has 2 N–H and O–H groups in total. The van der Waals surface area contributed by atoms with Crippen molar-refractivity contribution in [3.8, 4) is 0 Å². The number of unbranched alkanes of at least 4 members (excludes halogenated alkanes) is 1. The normalized spacial score (nSPS) is 13.1. The van der Waals surface area contributed by atoms with E-state index in [0.29, 0.717) is 6.42 Å². The molecule has 0 heterocycles. The topological polar surface area (TPSA) is 40.5 Å². The standard InChI is InChI=1S/C7H14O2/c1-2-7(9)5-3-4-6-8/h2,7-9H,1,3-6H2. The third-order valence-electron chi connectivity index (χ3n) is 1.18. The number of hydrogen-bond acceptors (Lipinski definition) is 2. The summed E-state index contributed by atoms with van der Waals surface area (Å²) in [7, 11) is 0. The van der Waals surface area contributed by atoms with Crippen molar-refractivity contribution in [3.63, 3.8) is 0 Å². The average molecular weight is 130 g/mol. The smallest absolute Gasteiger partial charge is 0.0718 e. The Morgan fingerprint density at radius 3 is 2.56 bits per heavy atom. The fourth-order valence-electron chi connectivity index (χ4n) is 0.583. The van der Waals surface area contributed by atoms with Crippen molar-refractivity contribution in [1.82, 2.24) is 0 Å². The first-order valence-corrected chi connectivity index (χ1v) is 3.22. The fraction of sp³-hybridized carbons (Fsp3) is 0.714. The van der Waals surface area contributed by atoms with Crippen LogP contribution in [0.1, 0.15) is 19.3 Å².